The molecule has 3 nitrogen and oxygen atoms in total. The largest absolute Gasteiger partial charge is 0.507 e. The van der Waals surface area contributed by atoms with Crippen LogP contribution in [0.2, 0.25) is 0 Å². The summed E-state index contributed by atoms with van der Waals surface area (Å²) in [4.78, 5) is 8.49. The summed E-state index contributed by atoms with van der Waals surface area (Å²) >= 11 is 0. The van der Waals surface area contributed by atoms with Crippen molar-refractivity contribution >= 4 is 58.2 Å². The molecule has 0 bridgehead atoms. The third kappa shape index (κ3) is 4.18. The second-order valence-corrected chi connectivity index (χ2v) is 5.77. The molecule has 4 rings (SSSR count). The fourth-order valence-corrected chi connectivity index (χ4v) is 2.83. The van der Waals surface area contributed by atoms with Crippen molar-refractivity contribution in [2.24, 2.45) is 0 Å². The van der Waals surface area contributed by atoms with Gasteiger partial charge in [0.1, 0.15) is 5.75 Å². The number of benzene rings is 2. The van der Waals surface area contributed by atoms with E-state index in [2.05, 4.69) is 34.2 Å². The molecule has 0 saturated heterocycles. The van der Waals surface area contributed by atoms with Crippen LogP contribution in [0.5, 0.6) is 5.75 Å². The zero-order valence-electron chi connectivity index (χ0n) is 14.5. The monoisotopic (exact) mass is 409 g/mol. The maximum atomic E-state index is 10.2. The number of hydrogen-bond donors (Lipinski definition) is 1. The zero-order chi connectivity index (χ0) is 17.1. The molecule has 2 aromatic heterocycles. The number of hydrogen-bond acceptors (Lipinski definition) is 3. The Hall–Kier alpha value is -1.65. The van der Waals surface area contributed by atoms with Crippen LogP contribution in [0.4, 0.5) is 0 Å². The van der Waals surface area contributed by atoms with E-state index in [1.54, 1.807) is 18.5 Å². The standard InChI is InChI=1S/C22H16N2O.Rb/c25-22-11-10-18(14-20(22)21-5-1-2-13-24-21)16-6-8-17(9-7-16)19-4-3-12-23-15-19;/h1-15,25H;. The molecule has 4 heteroatoms. The fraction of sp³-hybridized carbons (Fsp3) is 0. The van der Waals surface area contributed by atoms with Crippen molar-refractivity contribution in [2.75, 3.05) is 0 Å². The van der Waals surface area contributed by atoms with Crippen LogP contribution in [-0.4, -0.2) is 73.3 Å². The number of aromatic hydroxyl groups is 1. The first-order valence-corrected chi connectivity index (χ1v) is 8.06. The third-order valence-electron chi connectivity index (χ3n) is 4.15. The number of aromatic nitrogens is 2. The molecule has 4 aromatic rings. The van der Waals surface area contributed by atoms with Crippen LogP contribution in [0.1, 0.15) is 0 Å². The molecule has 2 aromatic carbocycles. The molecule has 0 atom stereocenters. The first kappa shape index (κ1) is 19.1. The maximum Gasteiger partial charge on any atom is 0.125 e. The molecule has 1 N–H and O–H groups in total. The van der Waals surface area contributed by atoms with E-state index in [-0.39, 0.29) is 63.9 Å². The van der Waals surface area contributed by atoms with Gasteiger partial charge in [0.05, 0.1) is 5.69 Å². The summed E-state index contributed by atoms with van der Waals surface area (Å²) < 4.78 is 0. The predicted octanol–water partition coefficient (Wildman–Crippen LogP) is 4.80. The van der Waals surface area contributed by atoms with Gasteiger partial charge in [-0.15, -0.1) is 0 Å². The van der Waals surface area contributed by atoms with Crippen LogP contribution in [0.3, 0.4) is 0 Å². The first-order chi connectivity index (χ1) is 12.3. The molecule has 2 heterocycles. The first-order valence-electron chi connectivity index (χ1n) is 8.06. The molecule has 1 radical (unpaired) electrons. The normalized spacial score (nSPS) is 10.2. The van der Waals surface area contributed by atoms with Crippen LogP contribution in [0.25, 0.3) is 33.5 Å². The number of rotatable bonds is 3. The Morgan fingerprint density at radius 2 is 1.38 bits per heavy atom. The molecule has 121 valence electrons. The molecule has 0 amide bonds. The van der Waals surface area contributed by atoms with Crippen molar-refractivity contribution in [3.63, 3.8) is 0 Å². The van der Waals surface area contributed by atoms with Crippen LogP contribution in [-0.2, 0) is 0 Å². The maximum absolute atomic E-state index is 10.2. The average Bonchev–Trinajstić information content (AvgIpc) is 2.70. The number of pyridine rings is 2. The van der Waals surface area contributed by atoms with E-state index in [0.29, 0.717) is 0 Å². The summed E-state index contributed by atoms with van der Waals surface area (Å²) in [7, 11) is 0. The molecule has 0 fully saturated rings. The Balaban J connectivity index is 0.00000196. The average molecular weight is 410 g/mol. The van der Waals surface area contributed by atoms with Crippen molar-refractivity contribution in [1.29, 1.82) is 0 Å². The number of phenolic OH excluding ortho intramolecular Hbond substituents is 1. The SMILES string of the molecule is Oc1ccc(-c2ccc(-c3cccnc3)cc2)cc1-c1ccccn1.[Rb]. The second-order valence-electron chi connectivity index (χ2n) is 5.77. The molecule has 0 spiro atoms. The minimum absolute atomic E-state index is 0. The van der Waals surface area contributed by atoms with Gasteiger partial charge in [0, 0.05) is 82.3 Å². The van der Waals surface area contributed by atoms with Gasteiger partial charge in [-0.25, -0.2) is 0 Å². The Bertz CT molecular complexity index is 988. The summed E-state index contributed by atoms with van der Waals surface area (Å²) in [6.45, 7) is 0. The fourth-order valence-electron chi connectivity index (χ4n) is 2.83. The number of phenols is 1. The number of nitrogens with zero attached hydrogens (tertiary/aromatic N) is 2. The van der Waals surface area contributed by atoms with E-state index in [0.717, 1.165) is 33.5 Å². The molecule has 0 saturated carbocycles. The van der Waals surface area contributed by atoms with Gasteiger partial charge in [-0.3, -0.25) is 9.97 Å². The summed E-state index contributed by atoms with van der Waals surface area (Å²) in [6, 6.07) is 23.6. The smallest absolute Gasteiger partial charge is 0.125 e. The van der Waals surface area contributed by atoms with Crippen LogP contribution in [0, 0.1) is 0 Å². The van der Waals surface area contributed by atoms with Gasteiger partial charge in [-0.1, -0.05) is 42.5 Å². The van der Waals surface area contributed by atoms with Gasteiger partial charge in [0.25, 0.3) is 0 Å². The zero-order valence-corrected chi connectivity index (χ0v) is 19.4. The van der Waals surface area contributed by atoms with Crippen molar-refractivity contribution in [2.45, 2.75) is 0 Å². The summed E-state index contributed by atoms with van der Waals surface area (Å²) in [5, 5.41) is 10.2. The minimum atomic E-state index is 0. The minimum Gasteiger partial charge on any atom is -0.507 e. The topological polar surface area (TPSA) is 46.0 Å². The molecule has 26 heavy (non-hydrogen) atoms. The molecule has 0 aliphatic rings. The van der Waals surface area contributed by atoms with Gasteiger partial charge in [-0.05, 0) is 52.6 Å². The van der Waals surface area contributed by atoms with Gasteiger partial charge in [-0.2, -0.15) is 0 Å². The van der Waals surface area contributed by atoms with E-state index in [1.165, 1.54) is 0 Å². The summed E-state index contributed by atoms with van der Waals surface area (Å²) in [5.74, 6) is 0.231. The van der Waals surface area contributed by atoms with Crippen molar-refractivity contribution in [1.82, 2.24) is 9.97 Å². The quantitative estimate of drug-likeness (QED) is 0.528. The molecular formula is C22H16N2ORb. The van der Waals surface area contributed by atoms with Crippen molar-refractivity contribution in [3.8, 4) is 39.3 Å². The third-order valence-corrected chi connectivity index (χ3v) is 4.15. The van der Waals surface area contributed by atoms with E-state index in [1.807, 2.05) is 48.7 Å². The van der Waals surface area contributed by atoms with Crippen LogP contribution < -0.4 is 0 Å². The molecule has 0 aliphatic heterocycles. The van der Waals surface area contributed by atoms with E-state index in [9.17, 15) is 5.11 Å². The Labute approximate surface area is 201 Å². The Morgan fingerprint density at radius 1 is 0.654 bits per heavy atom. The second kappa shape index (κ2) is 8.82. The van der Waals surface area contributed by atoms with E-state index < -0.39 is 0 Å². The van der Waals surface area contributed by atoms with Gasteiger partial charge in [0.2, 0.25) is 0 Å². The molecular weight excluding hydrogens is 394 g/mol. The Kier molecular flexibility index (Phi) is 6.49. The van der Waals surface area contributed by atoms with Crippen molar-refractivity contribution < 1.29 is 5.11 Å². The van der Waals surface area contributed by atoms with Crippen LogP contribution >= 0.6 is 0 Å². The Morgan fingerprint density at radius 3 is 2.04 bits per heavy atom. The summed E-state index contributed by atoms with van der Waals surface area (Å²) in [5.41, 5.74) is 5.83. The molecule has 0 unspecified atom stereocenters. The summed E-state index contributed by atoms with van der Waals surface area (Å²) in [6.07, 6.45) is 5.35. The van der Waals surface area contributed by atoms with Gasteiger partial charge >= 0.3 is 0 Å². The van der Waals surface area contributed by atoms with E-state index >= 15 is 0 Å². The van der Waals surface area contributed by atoms with Crippen molar-refractivity contribution in [3.05, 3.63) is 91.4 Å². The molecule has 0 aliphatic carbocycles. The van der Waals surface area contributed by atoms with Gasteiger partial charge in [0.15, 0.2) is 0 Å². The van der Waals surface area contributed by atoms with E-state index in [4.69, 9.17) is 0 Å². The predicted molar refractivity (Wildman–Crippen MR) is 106 cm³/mol. The van der Waals surface area contributed by atoms with Gasteiger partial charge < -0.3 is 5.11 Å². The van der Waals surface area contributed by atoms with Crippen LogP contribution in [0.15, 0.2) is 91.4 Å².